The molecule has 3 heterocycles. The summed E-state index contributed by atoms with van der Waals surface area (Å²) in [7, 11) is 0. The summed E-state index contributed by atoms with van der Waals surface area (Å²) in [5.41, 5.74) is 0.00302. The molecule has 1 aromatic carbocycles. The molecule has 2 amide bonds. The van der Waals surface area contributed by atoms with Crippen LogP contribution in [0.5, 0.6) is 0 Å². The third-order valence-electron chi connectivity index (χ3n) is 4.44. The fourth-order valence-electron chi connectivity index (χ4n) is 3.13. The number of thioether (sulfide) groups is 2. The SMILES string of the molecule is O=C(Cc1cccs1)N[C@@H]1C(=O)N2C(C(=O)O)=C(Sc3ccccc3Br)CS[C@H]12. The zero-order valence-corrected chi connectivity index (χ0v) is 18.9. The molecule has 0 aliphatic carbocycles. The molecule has 4 rings (SSSR count). The van der Waals surface area contributed by atoms with E-state index in [1.54, 1.807) is 0 Å². The van der Waals surface area contributed by atoms with Crippen molar-refractivity contribution in [2.75, 3.05) is 5.75 Å². The average molecular weight is 511 g/mol. The van der Waals surface area contributed by atoms with E-state index in [0.29, 0.717) is 10.7 Å². The molecule has 0 radical (unpaired) electrons. The molecule has 6 nitrogen and oxygen atoms in total. The number of hydrogen-bond acceptors (Lipinski definition) is 6. The number of carbonyl (C=O) groups excluding carboxylic acids is 2. The van der Waals surface area contributed by atoms with Crippen LogP contribution >= 0.6 is 50.8 Å². The van der Waals surface area contributed by atoms with Gasteiger partial charge in [-0.25, -0.2) is 4.79 Å². The molecule has 150 valence electrons. The molecule has 0 unspecified atom stereocenters. The van der Waals surface area contributed by atoms with E-state index in [-0.39, 0.29) is 23.9 Å². The molecular weight excluding hydrogens is 496 g/mol. The molecular formula is C19H15BrN2O4S3. The smallest absolute Gasteiger partial charge is 0.353 e. The maximum absolute atomic E-state index is 12.7. The number of carboxylic acids is 1. The van der Waals surface area contributed by atoms with E-state index in [1.807, 2.05) is 41.8 Å². The Morgan fingerprint density at radius 1 is 1.28 bits per heavy atom. The highest BCUT2D eigenvalue weighted by Gasteiger charge is 2.54. The van der Waals surface area contributed by atoms with Crippen molar-refractivity contribution in [2.24, 2.45) is 0 Å². The third-order valence-corrected chi connectivity index (χ3v) is 8.89. The number of fused-ring (bicyclic) bond motifs is 1. The topological polar surface area (TPSA) is 86.7 Å². The van der Waals surface area contributed by atoms with Crippen LogP contribution in [-0.2, 0) is 20.8 Å². The van der Waals surface area contributed by atoms with Gasteiger partial charge < -0.3 is 10.4 Å². The lowest BCUT2D eigenvalue weighted by Crippen LogP contribution is -2.70. The summed E-state index contributed by atoms with van der Waals surface area (Å²) in [6.07, 6.45) is 0.212. The lowest BCUT2D eigenvalue weighted by Gasteiger charge is -2.49. The molecule has 1 fully saturated rings. The molecule has 2 aliphatic heterocycles. The Morgan fingerprint density at radius 3 is 2.76 bits per heavy atom. The predicted molar refractivity (Wildman–Crippen MR) is 118 cm³/mol. The van der Waals surface area contributed by atoms with Gasteiger partial charge in [-0.3, -0.25) is 14.5 Å². The first-order valence-electron chi connectivity index (χ1n) is 8.61. The summed E-state index contributed by atoms with van der Waals surface area (Å²) in [5.74, 6) is -1.30. The summed E-state index contributed by atoms with van der Waals surface area (Å²) in [6.45, 7) is 0. The number of aliphatic carboxylic acids is 1. The highest BCUT2D eigenvalue weighted by molar-refractivity contribution is 9.10. The molecule has 0 spiro atoms. The van der Waals surface area contributed by atoms with Gasteiger partial charge in [0.1, 0.15) is 17.1 Å². The summed E-state index contributed by atoms with van der Waals surface area (Å²) in [5, 5.41) is 14.0. The second-order valence-corrected chi connectivity index (χ2v) is 10.4. The lowest BCUT2D eigenvalue weighted by atomic mass is 10.0. The average Bonchev–Trinajstić information content (AvgIpc) is 3.20. The minimum Gasteiger partial charge on any atom is -0.477 e. The molecule has 0 bridgehead atoms. The van der Waals surface area contributed by atoms with Gasteiger partial charge in [0.2, 0.25) is 5.91 Å². The second kappa shape index (κ2) is 8.55. The number of carboxylic acid groups (broad SMARTS) is 1. The highest BCUT2D eigenvalue weighted by atomic mass is 79.9. The minimum atomic E-state index is -1.14. The van der Waals surface area contributed by atoms with Crippen LogP contribution in [0.1, 0.15) is 4.88 Å². The fraction of sp³-hybridized carbons (Fsp3) is 0.211. The van der Waals surface area contributed by atoms with Crippen LogP contribution < -0.4 is 5.32 Å². The number of β-lactam (4-membered cyclic amide) rings is 1. The molecule has 2 aromatic rings. The molecule has 2 N–H and O–H groups in total. The predicted octanol–water partition coefficient (Wildman–Crippen LogP) is 3.54. The van der Waals surface area contributed by atoms with Gasteiger partial charge in [0, 0.05) is 24.9 Å². The van der Waals surface area contributed by atoms with E-state index in [1.165, 1.54) is 39.8 Å². The van der Waals surface area contributed by atoms with E-state index in [0.717, 1.165) is 14.2 Å². The minimum absolute atomic E-state index is 0.00302. The van der Waals surface area contributed by atoms with E-state index in [4.69, 9.17) is 0 Å². The highest BCUT2D eigenvalue weighted by Crippen LogP contribution is 2.46. The molecule has 10 heteroatoms. The zero-order chi connectivity index (χ0) is 20.5. The van der Waals surface area contributed by atoms with Gasteiger partial charge in [-0.2, -0.15) is 0 Å². The van der Waals surface area contributed by atoms with Crippen molar-refractivity contribution in [3.8, 4) is 0 Å². The maximum atomic E-state index is 12.7. The number of nitrogens with zero attached hydrogens (tertiary/aromatic N) is 1. The van der Waals surface area contributed by atoms with Crippen molar-refractivity contribution in [3.05, 3.63) is 61.7 Å². The standard InChI is InChI=1S/C19H15BrN2O4S3/c20-11-5-1-2-6-12(11)29-13-9-28-18-15(17(24)22(18)16(13)19(25)26)21-14(23)8-10-4-3-7-27-10/h1-7,15,18H,8-9H2,(H,21,23)(H,25,26)/t15-,18-/m1/s1. The first kappa shape index (κ1) is 20.5. The van der Waals surface area contributed by atoms with Gasteiger partial charge in [0.05, 0.1) is 6.42 Å². The van der Waals surface area contributed by atoms with Crippen molar-refractivity contribution < 1.29 is 19.5 Å². The van der Waals surface area contributed by atoms with Gasteiger partial charge in [-0.05, 0) is 39.5 Å². The monoisotopic (exact) mass is 510 g/mol. The number of rotatable bonds is 6. The number of carbonyl (C=O) groups is 3. The van der Waals surface area contributed by atoms with E-state index in [2.05, 4.69) is 21.2 Å². The Balaban J connectivity index is 1.51. The Hall–Kier alpha value is -1.75. The molecule has 29 heavy (non-hydrogen) atoms. The molecule has 1 saturated heterocycles. The first-order chi connectivity index (χ1) is 14.0. The summed E-state index contributed by atoms with van der Waals surface area (Å²) in [6, 6.07) is 10.6. The van der Waals surface area contributed by atoms with Gasteiger partial charge in [0.25, 0.3) is 5.91 Å². The van der Waals surface area contributed by atoms with Crippen LogP contribution in [0.25, 0.3) is 0 Å². The first-order valence-corrected chi connectivity index (χ1v) is 12.1. The van der Waals surface area contributed by atoms with Crippen LogP contribution in [-0.4, -0.2) is 45.0 Å². The van der Waals surface area contributed by atoms with E-state index < -0.39 is 17.4 Å². The maximum Gasteiger partial charge on any atom is 0.353 e. The summed E-state index contributed by atoms with van der Waals surface area (Å²) >= 11 is 7.75. The number of nitrogens with one attached hydrogen (secondary N) is 1. The van der Waals surface area contributed by atoms with Crippen LogP contribution in [0.4, 0.5) is 0 Å². The van der Waals surface area contributed by atoms with Crippen LogP contribution in [0.3, 0.4) is 0 Å². The van der Waals surface area contributed by atoms with Crippen molar-refractivity contribution in [2.45, 2.75) is 22.7 Å². The Kier molecular flexibility index (Phi) is 6.05. The summed E-state index contributed by atoms with van der Waals surface area (Å²) < 4.78 is 0.864. The normalized spacial score (nSPS) is 20.9. The van der Waals surface area contributed by atoms with Crippen molar-refractivity contribution in [3.63, 3.8) is 0 Å². The molecule has 2 atom stereocenters. The van der Waals surface area contributed by atoms with Crippen molar-refractivity contribution >= 4 is 68.6 Å². The van der Waals surface area contributed by atoms with Crippen LogP contribution in [0.15, 0.2) is 61.7 Å². The Labute approximate surface area is 187 Å². The van der Waals surface area contributed by atoms with Gasteiger partial charge in [0.15, 0.2) is 0 Å². The van der Waals surface area contributed by atoms with Crippen LogP contribution in [0.2, 0.25) is 0 Å². The number of amides is 2. The third kappa shape index (κ3) is 4.11. The van der Waals surface area contributed by atoms with Gasteiger partial charge in [-0.15, -0.1) is 23.1 Å². The van der Waals surface area contributed by atoms with Crippen molar-refractivity contribution in [1.82, 2.24) is 10.2 Å². The fourth-order valence-corrected chi connectivity index (χ4v) is 6.85. The number of benzene rings is 1. The van der Waals surface area contributed by atoms with E-state index >= 15 is 0 Å². The number of hydrogen-bond donors (Lipinski definition) is 2. The molecule has 0 saturated carbocycles. The van der Waals surface area contributed by atoms with Crippen molar-refractivity contribution in [1.29, 1.82) is 0 Å². The zero-order valence-electron chi connectivity index (χ0n) is 14.8. The van der Waals surface area contributed by atoms with Gasteiger partial charge >= 0.3 is 5.97 Å². The lowest BCUT2D eigenvalue weighted by molar-refractivity contribution is -0.150. The quantitative estimate of drug-likeness (QED) is 0.578. The molecule has 1 aromatic heterocycles. The second-order valence-electron chi connectivity index (χ2n) is 6.32. The number of thiophene rings is 1. The number of halogens is 1. The molecule has 2 aliphatic rings. The van der Waals surface area contributed by atoms with Gasteiger partial charge in [-0.1, -0.05) is 30.0 Å². The summed E-state index contributed by atoms with van der Waals surface area (Å²) in [4.78, 5) is 40.6. The Morgan fingerprint density at radius 2 is 2.07 bits per heavy atom. The van der Waals surface area contributed by atoms with Crippen LogP contribution in [0, 0.1) is 0 Å². The largest absolute Gasteiger partial charge is 0.477 e. The van der Waals surface area contributed by atoms with E-state index in [9.17, 15) is 19.5 Å². The Bertz CT molecular complexity index is 1010.